The van der Waals surface area contributed by atoms with Crippen LogP contribution in [0.2, 0.25) is 0 Å². The molecule has 2 aromatic heterocycles. The molecule has 0 aliphatic rings. The van der Waals surface area contributed by atoms with E-state index in [4.69, 9.17) is 0 Å². The lowest BCUT2D eigenvalue weighted by Gasteiger charge is -2.13. The molecular weight excluding hydrogens is 366 g/mol. The molecule has 1 amide bonds. The maximum Gasteiger partial charge on any atom is 0.279 e. The minimum absolute atomic E-state index is 0.275. The van der Waals surface area contributed by atoms with Crippen LogP contribution in [-0.2, 0) is 0 Å². The highest BCUT2D eigenvalue weighted by Crippen LogP contribution is 2.26. The van der Waals surface area contributed by atoms with Crippen LogP contribution in [0.3, 0.4) is 0 Å². The molecule has 0 radical (unpaired) electrons. The molecule has 0 atom stereocenters. The van der Waals surface area contributed by atoms with Gasteiger partial charge >= 0.3 is 0 Å². The molecule has 0 spiro atoms. The van der Waals surface area contributed by atoms with Crippen molar-refractivity contribution in [3.05, 3.63) is 99.9 Å². The molecule has 5 heteroatoms. The van der Waals surface area contributed by atoms with Crippen LogP contribution < -0.4 is 4.80 Å². The summed E-state index contributed by atoms with van der Waals surface area (Å²) in [6, 6.07) is 19.7. The van der Waals surface area contributed by atoms with E-state index in [-0.39, 0.29) is 5.91 Å². The van der Waals surface area contributed by atoms with Crippen LogP contribution in [-0.4, -0.2) is 15.5 Å². The third kappa shape index (κ3) is 3.44. The summed E-state index contributed by atoms with van der Waals surface area (Å²) in [5.74, 6) is -0.275. The molecule has 4 aromatic rings. The highest BCUT2D eigenvalue weighted by atomic mass is 32.1. The summed E-state index contributed by atoms with van der Waals surface area (Å²) in [7, 11) is 0. The number of thiazole rings is 1. The molecule has 0 aliphatic carbocycles. The molecule has 0 aliphatic heterocycles. The van der Waals surface area contributed by atoms with Gasteiger partial charge in [-0.25, -0.2) is 0 Å². The van der Waals surface area contributed by atoms with Gasteiger partial charge in [0.05, 0.1) is 11.4 Å². The second-order valence-corrected chi connectivity index (χ2v) is 7.31. The van der Waals surface area contributed by atoms with Gasteiger partial charge in [-0.3, -0.25) is 14.3 Å². The normalized spacial score (nSPS) is 11.6. The first-order chi connectivity index (χ1) is 13.6. The van der Waals surface area contributed by atoms with Gasteiger partial charge in [0.25, 0.3) is 5.91 Å². The summed E-state index contributed by atoms with van der Waals surface area (Å²) in [5, 5.41) is 2.05. The van der Waals surface area contributed by atoms with Crippen molar-refractivity contribution in [2.45, 2.75) is 13.8 Å². The summed E-state index contributed by atoms with van der Waals surface area (Å²) < 4.78 is 2.07. The maximum absolute atomic E-state index is 12.7. The van der Waals surface area contributed by atoms with E-state index in [9.17, 15) is 4.79 Å². The van der Waals surface area contributed by atoms with Crippen molar-refractivity contribution >= 4 is 17.2 Å². The second-order valence-electron chi connectivity index (χ2n) is 6.48. The number of hydrogen-bond donors (Lipinski definition) is 0. The van der Waals surface area contributed by atoms with Gasteiger partial charge < -0.3 is 0 Å². The zero-order valence-electron chi connectivity index (χ0n) is 15.7. The third-order valence-corrected chi connectivity index (χ3v) is 5.54. The van der Waals surface area contributed by atoms with Gasteiger partial charge in [0, 0.05) is 23.3 Å². The molecule has 138 valence electrons. The molecular formula is C23H19N3OS. The number of carbonyl (C=O) groups is 1. The average Bonchev–Trinajstić information content (AvgIpc) is 3.14. The predicted octanol–water partition coefficient (Wildman–Crippen LogP) is 4.96. The van der Waals surface area contributed by atoms with E-state index in [0.717, 1.165) is 22.5 Å². The predicted molar refractivity (Wildman–Crippen MR) is 113 cm³/mol. The number of hydrogen-bond acceptors (Lipinski definition) is 3. The highest BCUT2D eigenvalue weighted by molar-refractivity contribution is 7.07. The average molecular weight is 385 g/mol. The largest absolute Gasteiger partial charge is 0.285 e. The first kappa shape index (κ1) is 18.1. The number of rotatable bonds is 3. The van der Waals surface area contributed by atoms with Crippen LogP contribution >= 0.6 is 11.3 Å². The number of pyridine rings is 1. The number of amides is 1. The van der Waals surface area contributed by atoms with Crippen molar-refractivity contribution in [2.75, 3.05) is 0 Å². The van der Waals surface area contributed by atoms with Gasteiger partial charge in [-0.1, -0.05) is 42.5 Å². The Balaban J connectivity index is 1.96. The number of nitrogens with zero attached hydrogens (tertiary/aromatic N) is 3. The molecule has 0 saturated heterocycles. The van der Waals surface area contributed by atoms with Crippen molar-refractivity contribution in [3.8, 4) is 16.9 Å². The topological polar surface area (TPSA) is 47.2 Å². The molecule has 4 nitrogen and oxygen atoms in total. The fraction of sp³-hybridized carbons (Fsp3) is 0.0870. The van der Waals surface area contributed by atoms with Crippen LogP contribution in [0.4, 0.5) is 0 Å². The lowest BCUT2D eigenvalue weighted by molar-refractivity contribution is 0.0998. The number of benzene rings is 2. The van der Waals surface area contributed by atoms with Crippen LogP contribution in [0.15, 0.2) is 83.4 Å². The quantitative estimate of drug-likeness (QED) is 0.500. The molecule has 4 rings (SSSR count). The summed E-state index contributed by atoms with van der Waals surface area (Å²) in [5.41, 5.74) is 6.01. The first-order valence-corrected chi connectivity index (χ1v) is 9.85. The van der Waals surface area contributed by atoms with Crippen molar-refractivity contribution in [2.24, 2.45) is 4.99 Å². The van der Waals surface area contributed by atoms with Crippen LogP contribution in [0, 0.1) is 13.8 Å². The lowest BCUT2D eigenvalue weighted by Crippen LogP contribution is -2.17. The van der Waals surface area contributed by atoms with Crippen LogP contribution in [0.5, 0.6) is 0 Å². The van der Waals surface area contributed by atoms with Gasteiger partial charge in [-0.2, -0.15) is 4.99 Å². The molecule has 2 aromatic carbocycles. The van der Waals surface area contributed by atoms with Crippen molar-refractivity contribution < 1.29 is 4.79 Å². The van der Waals surface area contributed by atoms with Gasteiger partial charge in [0.15, 0.2) is 4.80 Å². The van der Waals surface area contributed by atoms with Gasteiger partial charge in [0.2, 0.25) is 0 Å². The minimum Gasteiger partial charge on any atom is -0.285 e. The Morgan fingerprint density at radius 3 is 2.46 bits per heavy atom. The minimum atomic E-state index is -0.275. The van der Waals surface area contributed by atoms with Crippen molar-refractivity contribution in [1.82, 2.24) is 9.55 Å². The Bertz CT molecular complexity index is 1190. The lowest BCUT2D eigenvalue weighted by atomic mass is 10.1. The van der Waals surface area contributed by atoms with Gasteiger partial charge in [-0.15, -0.1) is 11.3 Å². The van der Waals surface area contributed by atoms with Crippen LogP contribution in [0.1, 0.15) is 21.5 Å². The van der Waals surface area contributed by atoms with E-state index in [0.29, 0.717) is 10.4 Å². The van der Waals surface area contributed by atoms with E-state index >= 15 is 0 Å². The molecule has 0 N–H and O–H groups in total. The van der Waals surface area contributed by atoms with Crippen molar-refractivity contribution in [1.29, 1.82) is 0 Å². The monoisotopic (exact) mass is 385 g/mol. The van der Waals surface area contributed by atoms with Crippen LogP contribution in [0.25, 0.3) is 16.9 Å². The SMILES string of the molecule is Cc1cccc(-n2c(-c3ccccc3)csc2=NC(=O)c2ccncc2)c1C. The Morgan fingerprint density at radius 1 is 0.964 bits per heavy atom. The molecule has 28 heavy (non-hydrogen) atoms. The van der Waals surface area contributed by atoms with E-state index < -0.39 is 0 Å². The number of aryl methyl sites for hydroxylation is 1. The standard InChI is InChI=1S/C23H19N3OS/c1-16-7-6-10-20(17(16)2)26-21(18-8-4-3-5-9-18)15-28-23(26)25-22(27)19-11-13-24-14-12-19/h3-15H,1-2H3. The maximum atomic E-state index is 12.7. The summed E-state index contributed by atoms with van der Waals surface area (Å²) in [4.78, 5) is 21.7. The van der Waals surface area contributed by atoms with E-state index in [1.165, 1.54) is 16.9 Å². The Morgan fingerprint density at radius 2 is 1.71 bits per heavy atom. The van der Waals surface area contributed by atoms with E-state index in [2.05, 4.69) is 58.0 Å². The Kier molecular flexibility index (Phi) is 5.00. The van der Waals surface area contributed by atoms with Gasteiger partial charge in [0.1, 0.15) is 0 Å². The fourth-order valence-corrected chi connectivity index (χ4v) is 3.95. The zero-order valence-corrected chi connectivity index (χ0v) is 16.5. The van der Waals surface area contributed by atoms with Gasteiger partial charge in [-0.05, 0) is 48.7 Å². The van der Waals surface area contributed by atoms with E-state index in [1.54, 1.807) is 24.5 Å². The van der Waals surface area contributed by atoms with Crippen molar-refractivity contribution in [3.63, 3.8) is 0 Å². The highest BCUT2D eigenvalue weighted by Gasteiger charge is 2.14. The number of aromatic nitrogens is 2. The Labute approximate surface area is 167 Å². The third-order valence-electron chi connectivity index (χ3n) is 4.72. The summed E-state index contributed by atoms with van der Waals surface area (Å²) in [6.07, 6.45) is 3.21. The molecule has 2 heterocycles. The zero-order chi connectivity index (χ0) is 19.5. The summed E-state index contributed by atoms with van der Waals surface area (Å²) in [6.45, 7) is 4.19. The van der Waals surface area contributed by atoms with E-state index in [1.807, 2.05) is 24.3 Å². The molecule has 0 bridgehead atoms. The number of carbonyl (C=O) groups excluding carboxylic acids is 1. The summed E-state index contributed by atoms with van der Waals surface area (Å²) >= 11 is 1.46. The molecule has 0 unspecified atom stereocenters. The second kappa shape index (κ2) is 7.74. The molecule has 0 saturated carbocycles. The fourth-order valence-electron chi connectivity index (χ4n) is 3.06. The Hall–Kier alpha value is -3.31. The first-order valence-electron chi connectivity index (χ1n) is 8.97. The molecule has 0 fully saturated rings. The smallest absolute Gasteiger partial charge is 0.279 e.